The molecule has 0 bridgehead atoms. The molecule has 0 unspecified atom stereocenters. The van der Waals surface area contributed by atoms with Gasteiger partial charge in [0, 0.05) is 6.04 Å². The minimum atomic E-state index is -4.97. The second kappa shape index (κ2) is 11.5. The molecule has 0 aromatic heterocycles. The van der Waals surface area contributed by atoms with E-state index in [1.807, 2.05) is 5.32 Å². The molecule has 0 spiro atoms. The van der Waals surface area contributed by atoms with Crippen molar-refractivity contribution in [1.82, 2.24) is 5.32 Å². The summed E-state index contributed by atoms with van der Waals surface area (Å²) >= 11 is 0. The largest absolute Gasteiger partial charge is 0.471 e. The highest BCUT2D eigenvalue weighted by Crippen LogP contribution is 2.27. The summed E-state index contributed by atoms with van der Waals surface area (Å²) in [7, 11) is -3.87. The van der Waals surface area contributed by atoms with Gasteiger partial charge in [-0.05, 0) is 80.4 Å². The van der Waals surface area contributed by atoms with Crippen molar-refractivity contribution >= 4 is 21.7 Å². The van der Waals surface area contributed by atoms with Crippen LogP contribution in [0.4, 0.5) is 13.2 Å². The summed E-state index contributed by atoms with van der Waals surface area (Å²) in [4.78, 5) is 23.0. The average Bonchev–Trinajstić information content (AvgIpc) is 2.84. The molecule has 3 rings (SSSR count). The van der Waals surface area contributed by atoms with E-state index in [4.69, 9.17) is 9.47 Å². The van der Waals surface area contributed by atoms with Crippen LogP contribution in [0.3, 0.4) is 0 Å². The Morgan fingerprint density at radius 3 is 2.08 bits per heavy atom. The second-order valence-electron chi connectivity index (χ2n) is 8.05. The predicted octanol–water partition coefficient (Wildman–Crippen LogP) is 5.10. The van der Waals surface area contributed by atoms with Crippen molar-refractivity contribution in [1.29, 1.82) is 0 Å². The summed E-state index contributed by atoms with van der Waals surface area (Å²) in [6.45, 7) is 3.36. The van der Waals surface area contributed by atoms with Gasteiger partial charge in [-0.15, -0.1) is 0 Å². The molecule has 0 aliphatic carbocycles. The molecule has 0 radical (unpaired) electrons. The Labute approximate surface area is 212 Å². The zero-order chi connectivity index (χ0) is 27.2. The van der Waals surface area contributed by atoms with Crippen LogP contribution >= 0.6 is 0 Å². The molecule has 0 aliphatic heterocycles. The van der Waals surface area contributed by atoms with Crippen LogP contribution in [0, 0.1) is 0 Å². The van der Waals surface area contributed by atoms with Crippen LogP contribution in [-0.2, 0) is 25.8 Å². The van der Waals surface area contributed by atoms with Gasteiger partial charge in [0.2, 0.25) is 9.84 Å². The van der Waals surface area contributed by atoms with E-state index >= 15 is 0 Å². The van der Waals surface area contributed by atoms with Crippen LogP contribution in [0.5, 0.6) is 11.5 Å². The highest BCUT2D eigenvalue weighted by Gasteiger charge is 2.39. The number of amides is 1. The Hall–Kier alpha value is -3.86. The lowest BCUT2D eigenvalue weighted by Gasteiger charge is -2.15. The zero-order valence-electron chi connectivity index (χ0n) is 19.9. The fourth-order valence-corrected chi connectivity index (χ4v) is 4.64. The van der Waals surface area contributed by atoms with Crippen LogP contribution in [0.1, 0.15) is 29.8 Å². The van der Waals surface area contributed by atoms with Crippen molar-refractivity contribution in [3.05, 3.63) is 83.9 Å². The van der Waals surface area contributed by atoms with E-state index in [0.29, 0.717) is 22.6 Å². The van der Waals surface area contributed by atoms with E-state index in [0.717, 1.165) is 0 Å². The number of sulfone groups is 1. The number of ether oxygens (including phenoxy) is 2. The summed E-state index contributed by atoms with van der Waals surface area (Å²) in [6, 6.07) is 17.0. The lowest BCUT2D eigenvalue weighted by molar-refractivity contribution is -0.174. The maximum atomic E-state index is 13.0. The molecule has 1 atom stereocenters. The Bertz CT molecular complexity index is 1350. The molecule has 11 heteroatoms. The number of carbonyl (C=O) groups is 2. The van der Waals surface area contributed by atoms with Gasteiger partial charge in [0.05, 0.1) is 22.0 Å². The predicted molar refractivity (Wildman–Crippen MR) is 128 cm³/mol. The van der Waals surface area contributed by atoms with Gasteiger partial charge in [-0.1, -0.05) is 18.2 Å². The minimum absolute atomic E-state index is 0.000892. The van der Waals surface area contributed by atoms with Crippen LogP contribution in [-0.4, -0.2) is 39.1 Å². The van der Waals surface area contributed by atoms with Gasteiger partial charge >= 0.3 is 18.1 Å². The SMILES string of the molecule is CCOC(=O)c1cccc(Oc2ccc(S(=O)(=O)c3ccc(C[C@@H](C)NC(=O)C(F)(F)F)cc3)cc2)c1. The number of nitrogens with one attached hydrogen (secondary N) is 1. The number of esters is 1. The van der Waals surface area contributed by atoms with Gasteiger partial charge in [0.25, 0.3) is 0 Å². The van der Waals surface area contributed by atoms with Gasteiger partial charge in [0.1, 0.15) is 11.5 Å². The normalized spacial score (nSPS) is 12.5. The molecule has 0 aliphatic rings. The Balaban J connectivity index is 1.67. The third kappa shape index (κ3) is 7.32. The van der Waals surface area contributed by atoms with E-state index in [2.05, 4.69) is 0 Å². The smallest absolute Gasteiger partial charge is 0.462 e. The number of carbonyl (C=O) groups excluding carboxylic acids is 2. The van der Waals surface area contributed by atoms with Gasteiger partial charge in [-0.2, -0.15) is 13.2 Å². The number of benzene rings is 3. The lowest BCUT2D eigenvalue weighted by Crippen LogP contribution is -2.42. The van der Waals surface area contributed by atoms with Crippen molar-refractivity contribution < 1.29 is 40.7 Å². The summed E-state index contributed by atoms with van der Waals surface area (Å²) < 4.78 is 73.9. The molecule has 3 aromatic rings. The first-order valence-corrected chi connectivity index (χ1v) is 12.7. The second-order valence-corrected chi connectivity index (χ2v) is 10.00. The molecular weight excluding hydrogens is 511 g/mol. The first-order chi connectivity index (χ1) is 17.4. The molecule has 1 N–H and O–H groups in total. The number of halogens is 3. The Morgan fingerprint density at radius 2 is 1.51 bits per heavy atom. The monoisotopic (exact) mass is 535 g/mol. The molecule has 0 heterocycles. The van der Waals surface area contributed by atoms with Crippen LogP contribution < -0.4 is 10.1 Å². The third-order valence-electron chi connectivity index (χ3n) is 5.13. The Kier molecular flexibility index (Phi) is 8.59. The standard InChI is InChI=1S/C26H24F3NO6S/c1-3-35-24(31)19-5-4-6-21(16-19)36-20-9-13-23(14-10-20)37(33,34)22-11-7-18(8-12-22)15-17(2)30-25(32)26(27,28)29/h4-14,16-17H,3,15H2,1-2H3,(H,30,32)/t17-/m1/s1. The molecule has 1 amide bonds. The fraction of sp³-hybridized carbons (Fsp3) is 0.231. The van der Waals surface area contributed by atoms with Gasteiger partial charge < -0.3 is 14.8 Å². The summed E-state index contributed by atoms with van der Waals surface area (Å²) in [5.41, 5.74) is 0.877. The maximum absolute atomic E-state index is 13.0. The van der Waals surface area contributed by atoms with Crippen LogP contribution in [0.15, 0.2) is 82.6 Å². The number of rotatable bonds is 9. The minimum Gasteiger partial charge on any atom is -0.462 e. The van der Waals surface area contributed by atoms with Crippen molar-refractivity contribution in [2.24, 2.45) is 0 Å². The van der Waals surface area contributed by atoms with E-state index < -0.39 is 33.9 Å². The molecule has 37 heavy (non-hydrogen) atoms. The van der Waals surface area contributed by atoms with Crippen LogP contribution in [0.2, 0.25) is 0 Å². The van der Waals surface area contributed by atoms with Crippen molar-refractivity contribution in [3.8, 4) is 11.5 Å². The topological polar surface area (TPSA) is 98.8 Å². The lowest BCUT2D eigenvalue weighted by atomic mass is 10.1. The van der Waals surface area contributed by atoms with Gasteiger partial charge in [0.15, 0.2) is 0 Å². The fourth-order valence-electron chi connectivity index (χ4n) is 3.37. The van der Waals surface area contributed by atoms with Gasteiger partial charge in [-0.25, -0.2) is 13.2 Å². The van der Waals surface area contributed by atoms with E-state index in [9.17, 15) is 31.2 Å². The molecule has 0 saturated heterocycles. The highest BCUT2D eigenvalue weighted by molar-refractivity contribution is 7.91. The molecule has 196 valence electrons. The van der Waals surface area contributed by atoms with Crippen LogP contribution in [0.25, 0.3) is 0 Å². The van der Waals surface area contributed by atoms with Crippen molar-refractivity contribution in [2.75, 3.05) is 6.61 Å². The summed E-state index contributed by atoms with van der Waals surface area (Å²) in [5.74, 6) is -1.79. The van der Waals surface area contributed by atoms with Crippen molar-refractivity contribution in [2.45, 2.75) is 42.3 Å². The highest BCUT2D eigenvalue weighted by atomic mass is 32.2. The number of hydrogen-bond acceptors (Lipinski definition) is 6. The molecule has 0 saturated carbocycles. The molecular formula is C26H24F3NO6S. The zero-order valence-corrected chi connectivity index (χ0v) is 20.7. The number of alkyl halides is 3. The average molecular weight is 536 g/mol. The Morgan fingerprint density at radius 1 is 0.919 bits per heavy atom. The van der Waals surface area contributed by atoms with Crippen molar-refractivity contribution in [3.63, 3.8) is 0 Å². The van der Waals surface area contributed by atoms with E-state index in [-0.39, 0.29) is 22.8 Å². The first-order valence-electron chi connectivity index (χ1n) is 11.2. The molecule has 7 nitrogen and oxygen atoms in total. The number of hydrogen-bond donors (Lipinski definition) is 1. The summed E-state index contributed by atoms with van der Waals surface area (Å²) in [5, 5.41) is 1.86. The molecule has 3 aromatic carbocycles. The van der Waals surface area contributed by atoms with Gasteiger partial charge in [-0.3, -0.25) is 4.79 Å². The maximum Gasteiger partial charge on any atom is 0.471 e. The van der Waals surface area contributed by atoms with E-state index in [1.54, 1.807) is 25.1 Å². The van der Waals surface area contributed by atoms with E-state index in [1.165, 1.54) is 61.5 Å². The quantitative estimate of drug-likeness (QED) is 0.383. The third-order valence-corrected chi connectivity index (χ3v) is 6.91. The summed E-state index contributed by atoms with van der Waals surface area (Å²) in [6.07, 6.45) is -4.88. The molecule has 0 fully saturated rings. The first kappa shape index (κ1) is 27.7.